The van der Waals surface area contributed by atoms with Crippen molar-refractivity contribution in [1.82, 2.24) is 15.1 Å². The number of rotatable bonds is 3. The normalized spacial score (nSPS) is 17.9. The van der Waals surface area contributed by atoms with E-state index in [-0.39, 0.29) is 6.03 Å². The summed E-state index contributed by atoms with van der Waals surface area (Å²) in [4.78, 5) is 15.3. The van der Waals surface area contributed by atoms with Gasteiger partial charge in [-0.2, -0.15) is 0 Å². The summed E-state index contributed by atoms with van der Waals surface area (Å²) in [6.45, 7) is 2.93. The van der Waals surface area contributed by atoms with Crippen LogP contribution in [-0.2, 0) is 0 Å². The minimum absolute atomic E-state index is 0.155. The third-order valence-electron chi connectivity index (χ3n) is 3.07. The summed E-state index contributed by atoms with van der Waals surface area (Å²) in [6.07, 6.45) is 3.54. The van der Waals surface area contributed by atoms with Crippen molar-refractivity contribution in [1.29, 1.82) is 0 Å². The van der Waals surface area contributed by atoms with E-state index in [1.807, 2.05) is 26.0 Å². The molecule has 2 amide bonds. The SMILES string of the molecule is CNCCC1CCN(C(=O)N(C)C)CC1. The van der Waals surface area contributed by atoms with Crippen LogP contribution in [0.3, 0.4) is 0 Å². The number of amides is 2. The van der Waals surface area contributed by atoms with Crippen molar-refractivity contribution in [2.45, 2.75) is 19.3 Å². The summed E-state index contributed by atoms with van der Waals surface area (Å²) in [6, 6.07) is 0.155. The van der Waals surface area contributed by atoms with Crippen LogP contribution >= 0.6 is 0 Å². The minimum Gasteiger partial charge on any atom is -0.331 e. The van der Waals surface area contributed by atoms with Crippen molar-refractivity contribution in [3.63, 3.8) is 0 Å². The van der Waals surface area contributed by atoms with E-state index in [9.17, 15) is 4.79 Å². The van der Waals surface area contributed by atoms with E-state index in [1.165, 1.54) is 6.42 Å². The van der Waals surface area contributed by atoms with Gasteiger partial charge in [-0.3, -0.25) is 0 Å². The molecule has 0 atom stereocenters. The highest BCUT2D eigenvalue weighted by Crippen LogP contribution is 2.20. The van der Waals surface area contributed by atoms with Gasteiger partial charge in [0.1, 0.15) is 0 Å². The van der Waals surface area contributed by atoms with Gasteiger partial charge in [0, 0.05) is 27.2 Å². The number of hydrogen-bond donors (Lipinski definition) is 1. The first-order valence-corrected chi connectivity index (χ1v) is 5.76. The molecule has 0 aromatic carbocycles. The fourth-order valence-corrected chi connectivity index (χ4v) is 2.04. The topological polar surface area (TPSA) is 35.6 Å². The van der Waals surface area contributed by atoms with E-state index in [0.29, 0.717) is 0 Å². The fraction of sp³-hybridized carbons (Fsp3) is 0.909. The van der Waals surface area contributed by atoms with Crippen LogP contribution in [0.5, 0.6) is 0 Å². The molecule has 1 N–H and O–H groups in total. The molecule has 15 heavy (non-hydrogen) atoms. The molecule has 0 unspecified atom stereocenters. The predicted molar refractivity (Wildman–Crippen MR) is 61.9 cm³/mol. The van der Waals surface area contributed by atoms with Crippen molar-refractivity contribution < 1.29 is 4.79 Å². The van der Waals surface area contributed by atoms with Gasteiger partial charge in [0.25, 0.3) is 0 Å². The van der Waals surface area contributed by atoms with E-state index in [2.05, 4.69) is 5.32 Å². The monoisotopic (exact) mass is 213 g/mol. The quantitative estimate of drug-likeness (QED) is 0.759. The molecule has 1 fully saturated rings. The van der Waals surface area contributed by atoms with E-state index < -0.39 is 0 Å². The molecule has 1 rings (SSSR count). The Hall–Kier alpha value is -0.770. The summed E-state index contributed by atoms with van der Waals surface area (Å²) in [7, 11) is 5.62. The molecule has 0 aliphatic carbocycles. The van der Waals surface area contributed by atoms with E-state index in [1.54, 1.807) is 4.90 Å². The molecular weight excluding hydrogens is 190 g/mol. The first-order chi connectivity index (χ1) is 7.15. The molecule has 88 valence electrons. The number of nitrogens with zero attached hydrogens (tertiary/aromatic N) is 2. The van der Waals surface area contributed by atoms with Crippen molar-refractivity contribution in [3.05, 3.63) is 0 Å². The minimum atomic E-state index is 0.155. The lowest BCUT2D eigenvalue weighted by molar-refractivity contribution is 0.145. The van der Waals surface area contributed by atoms with Crippen molar-refractivity contribution in [2.75, 3.05) is 40.8 Å². The first kappa shape index (κ1) is 12.3. The Labute approximate surface area is 92.6 Å². The molecule has 1 aliphatic heterocycles. The maximum Gasteiger partial charge on any atom is 0.319 e. The Kier molecular flexibility index (Phi) is 4.88. The lowest BCUT2D eigenvalue weighted by atomic mass is 9.94. The second-order valence-corrected chi connectivity index (χ2v) is 4.50. The van der Waals surface area contributed by atoms with Gasteiger partial charge in [0.15, 0.2) is 0 Å². The van der Waals surface area contributed by atoms with Crippen molar-refractivity contribution in [2.24, 2.45) is 5.92 Å². The van der Waals surface area contributed by atoms with Crippen molar-refractivity contribution >= 4 is 6.03 Å². The number of carbonyl (C=O) groups excluding carboxylic acids is 1. The number of hydrogen-bond acceptors (Lipinski definition) is 2. The summed E-state index contributed by atoms with van der Waals surface area (Å²) in [5.41, 5.74) is 0. The van der Waals surface area contributed by atoms with Crippen LogP contribution in [0.25, 0.3) is 0 Å². The van der Waals surface area contributed by atoms with Crippen LogP contribution in [0.2, 0.25) is 0 Å². The molecule has 4 heteroatoms. The van der Waals surface area contributed by atoms with Crippen LogP contribution in [0.1, 0.15) is 19.3 Å². The van der Waals surface area contributed by atoms with Gasteiger partial charge in [-0.1, -0.05) is 0 Å². The summed E-state index contributed by atoms with van der Waals surface area (Å²) in [5.74, 6) is 0.795. The van der Waals surface area contributed by atoms with Gasteiger partial charge < -0.3 is 15.1 Å². The molecule has 0 saturated carbocycles. The number of likely N-dealkylation sites (tertiary alicyclic amines) is 1. The summed E-state index contributed by atoms with van der Waals surface area (Å²) in [5, 5.41) is 3.18. The average Bonchev–Trinajstić information content (AvgIpc) is 2.26. The van der Waals surface area contributed by atoms with Gasteiger partial charge in [0.05, 0.1) is 0 Å². The van der Waals surface area contributed by atoms with Crippen LogP contribution in [-0.4, -0.2) is 56.6 Å². The summed E-state index contributed by atoms with van der Waals surface area (Å²) >= 11 is 0. The Bertz CT molecular complexity index is 198. The molecule has 0 radical (unpaired) electrons. The second-order valence-electron chi connectivity index (χ2n) is 4.50. The van der Waals surface area contributed by atoms with Crippen LogP contribution < -0.4 is 5.32 Å². The molecule has 0 bridgehead atoms. The first-order valence-electron chi connectivity index (χ1n) is 5.76. The Morgan fingerprint density at radius 3 is 2.47 bits per heavy atom. The Morgan fingerprint density at radius 2 is 2.00 bits per heavy atom. The maximum absolute atomic E-state index is 11.7. The lowest BCUT2D eigenvalue weighted by Gasteiger charge is -2.33. The highest BCUT2D eigenvalue weighted by atomic mass is 16.2. The zero-order valence-corrected chi connectivity index (χ0v) is 10.1. The lowest BCUT2D eigenvalue weighted by Crippen LogP contribution is -2.44. The van der Waals surface area contributed by atoms with Crippen molar-refractivity contribution in [3.8, 4) is 0 Å². The van der Waals surface area contributed by atoms with Gasteiger partial charge in [-0.05, 0) is 38.8 Å². The highest BCUT2D eigenvalue weighted by Gasteiger charge is 2.22. The molecule has 1 saturated heterocycles. The number of piperidine rings is 1. The predicted octanol–water partition coefficient (Wildman–Crippen LogP) is 0.990. The maximum atomic E-state index is 11.7. The van der Waals surface area contributed by atoms with Crippen LogP contribution in [0.15, 0.2) is 0 Å². The molecular formula is C11H23N3O. The average molecular weight is 213 g/mol. The highest BCUT2D eigenvalue weighted by molar-refractivity contribution is 5.73. The third kappa shape index (κ3) is 3.70. The van der Waals surface area contributed by atoms with E-state index >= 15 is 0 Å². The largest absolute Gasteiger partial charge is 0.331 e. The fourth-order valence-electron chi connectivity index (χ4n) is 2.04. The summed E-state index contributed by atoms with van der Waals surface area (Å²) < 4.78 is 0. The van der Waals surface area contributed by atoms with Gasteiger partial charge >= 0.3 is 6.03 Å². The Balaban J connectivity index is 2.26. The molecule has 1 heterocycles. The van der Waals surface area contributed by atoms with Crippen LogP contribution in [0, 0.1) is 5.92 Å². The van der Waals surface area contributed by atoms with E-state index in [4.69, 9.17) is 0 Å². The molecule has 0 aromatic rings. The number of nitrogens with one attached hydrogen (secondary N) is 1. The number of urea groups is 1. The second kappa shape index (κ2) is 5.95. The molecule has 0 aromatic heterocycles. The third-order valence-corrected chi connectivity index (χ3v) is 3.07. The standard InChI is InChI=1S/C11H23N3O/c1-12-7-4-10-5-8-14(9-6-10)11(15)13(2)3/h10,12H,4-9H2,1-3H3. The molecule has 1 aliphatic rings. The zero-order chi connectivity index (χ0) is 11.3. The van der Waals surface area contributed by atoms with Gasteiger partial charge in [-0.15, -0.1) is 0 Å². The smallest absolute Gasteiger partial charge is 0.319 e. The van der Waals surface area contributed by atoms with Gasteiger partial charge in [-0.25, -0.2) is 4.79 Å². The zero-order valence-electron chi connectivity index (χ0n) is 10.1. The van der Waals surface area contributed by atoms with Crippen LogP contribution in [0.4, 0.5) is 4.79 Å². The van der Waals surface area contributed by atoms with E-state index in [0.717, 1.165) is 38.4 Å². The molecule has 4 nitrogen and oxygen atoms in total. The Morgan fingerprint density at radius 1 is 1.40 bits per heavy atom. The molecule has 0 spiro atoms. The van der Waals surface area contributed by atoms with Gasteiger partial charge in [0.2, 0.25) is 0 Å². The number of carbonyl (C=O) groups is 1.